The monoisotopic (exact) mass is 284 g/mol. The molecule has 0 radical (unpaired) electrons. The fourth-order valence-electron chi connectivity index (χ4n) is 2.54. The molecular weight excluding hydrogens is 268 g/mol. The first-order valence-corrected chi connectivity index (χ1v) is 6.91. The van der Waals surface area contributed by atoms with E-state index in [9.17, 15) is 9.59 Å². The lowest BCUT2D eigenvalue weighted by Gasteiger charge is -2.25. The summed E-state index contributed by atoms with van der Waals surface area (Å²) in [4.78, 5) is 26.2. The zero-order chi connectivity index (χ0) is 14.7. The van der Waals surface area contributed by atoms with E-state index in [-0.39, 0.29) is 29.7 Å². The molecule has 1 aliphatic heterocycles. The largest absolute Gasteiger partial charge is 0.373 e. The zero-order valence-corrected chi connectivity index (χ0v) is 11.5. The molecule has 0 spiro atoms. The van der Waals surface area contributed by atoms with Gasteiger partial charge in [-0.05, 0) is 29.7 Å². The van der Waals surface area contributed by atoms with Crippen molar-refractivity contribution in [3.05, 3.63) is 64.1 Å². The summed E-state index contributed by atoms with van der Waals surface area (Å²) < 4.78 is 5.70. The van der Waals surface area contributed by atoms with Gasteiger partial charge in [0.1, 0.15) is 5.69 Å². The molecule has 0 saturated carbocycles. The highest BCUT2D eigenvalue weighted by molar-refractivity contribution is 5.90. The molecule has 1 aromatic carbocycles. The minimum atomic E-state index is -0.309. The quantitative estimate of drug-likeness (QED) is 0.905. The van der Waals surface area contributed by atoms with Crippen molar-refractivity contribution >= 4 is 11.6 Å². The maximum absolute atomic E-state index is 12.1. The highest BCUT2D eigenvalue weighted by Crippen LogP contribution is 2.29. The molecule has 2 heterocycles. The van der Waals surface area contributed by atoms with Gasteiger partial charge in [0.2, 0.25) is 5.91 Å². The highest BCUT2D eigenvalue weighted by Gasteiger charge is 2.23. The first-order chi connectivity index (χ1) is 10.2. The van der Waals surface area contributed by atoms with E-state index in [0.29, 0.717) is 6.61 Å². The number of H-pyrrole nitrogens is 1. The SMILES string of the molecule is O=C(C[C@@H]1OCCc2ccccc21)Nc1ccc[nH]c1=O. The normalized spacial score (nSPS) is 17.0. The standard InChI is InChI=1S/C16H16N2O3/c19-15(18-13-6-3-8-17-16(13)20)10-14-12-5-2-1-4-11(12)7-9-21-14/h1-6,8,14H,7,9-10H2,(H,17,20)(H,18,19)/t14-/m0/s1. The van der Waals surface area contributed by atoms with Gasteiger partial charge in [-0.25, -0.2) is 0 Å². The number of anilines is 1. The molecule has 2 N–H and O–H groups in total. The number of rotatable bonds is 3. The van der Waals surface area contributed by atoms with Crippen LogP contribution >= 0.6 is 0 Å². The van der Waals surface area contributed by atoms with Crippen LogP contribution in [0.5, 0.6) is 0 Å². The van der Waals surface area contributed by atoms with Gasteiger partial charge in [0, 0.05) is 6.20 Å². The lowest BCUT2D eigenvalue weighted by molar-refractivity contribution is -0.119. The summed E-state index contributed by atoms with van der Waals surface area (Å²) in [5, 5.41) is 2.63. The van der Waals surface area contributed by atoms with Crippen molar-refractivity contribution in [2.24, 2.45) is 0 Å². The van der Waals surface area contributed by atoms with Gasteiger partial charge >= 0.3 is 0 Å². The number of aromatic amines is 1. The van der Waals surface area contributed by atoms with Crippen LogP contribution in [0.1, 0.15) is 23.7 Å². The fourth-order valence-corrected chi connectivity index (χ4v) is 2.54. The number of carbonyl (C=O) groups excluding carboxylic acids is 1. The maximum Gasteiger partial charge on any atom is 0.271 e. The van der Waals surface area contributed by atoms with Crippen molar-refractivity contribution < 1.29 is 9.53 Å². The molecule has 0 unspecified atom stereocenters. The Bertz CT molecular complexity index is 708. The average molecular weight is 284 g/mol. The molecule has 108 valence electrons. The van der Waals surface area contributed by atoms with E-state index in [1.54, 1.807) is 12.1 Å². The van der Waals surface area contributed by atoms with Gasteiger partial charge < -0.3 is 15.0 Å². The summed E-state index contributed by atoms with van der Waals surface area (Å²) in [6.45, 7) is 0.612. The van der Waals surface area contributed by atoms with Gasteiger partial charge in [0.25, 0.3) is 5.56 Å². The third kappa shape index (κ3) is 3.03. The second kappa shape index (κ2) is 5.93. The number of fused-ring (bicyclic) bond motifs is 1. The minimum Gasteiger partial charge on any atom is -0.373 e. The first-order valence-electron chi connectivity index (χ1n) is 6.91. The summed E-state index contributed by atoms with van der Waals surface area (Å²) in [5.41, 5.74) is 2.22. The van der Waals surface area contributed by atoms with Gasteiger partial charge in [-0.3, -0.25) is 9.59 Å². The Morgan fingerprint density at radius 2 is 2.14 bits per heavy atom. The number of aromatic nitrogens is 1. The highest BCUT2D eigenvalue weighted by atomic mass is 16.5. The van der Waals surface area contributed by atoms with Crippen LogP contribution in [0.25, 0.3) is 0 Å². The van der Waals surface area contributed by atoms with E-state index in [1.807, 2.05) is 18.2 Å². The lowest BCUT2D eigenvalue weighted by atomic mass is 9.95. The zero-order valence-electron chi connectivity index (χ0n) is 11.5. The van der Waals surface area contributed by atoms with Crippen LogP contribution in [0.4, 0.5) is 5.69 Å². The molecule has 1 aromatic heterocycles. The molecule has 3 rings (SSSR count). The predicted molar refractivity (Wildman–Crippen MR) is 79.1 cm³/mol. The number of hydrogen-bond acceptors (Lipinski definition) is 3. The maximum atomic E-state index is 12.1. The molecule has 0 aliphatic carbocycles. The van der Waals surface area contributed by atoms with Crippen molar-refractivity contribution in [1.82, 2.24) is 4.98 Å². The van der Waals surface area contributed by atoms with E-state index >= 15 is 0 Å². The molecule has 0 saturated heterocycles. The molecule has 5 heteroatoms. The Morgan fingerprint density at radius 3 is 3.00 bits per heavy atom. The number of nitrogens with one attached hydrogen (secondary N) is 2. The van der Waals surface area contributed by atoms with Crippen LogP contribution in [0.2, 0.25) is 0 Å². The number of ether oxygens (including phenoxy) is 1. The van der Waals surface area contributed by atoms with E-state index in [0.717, 1.165) is 12.0 Å². The fraction of sp³-hybridized carbons (Fsp3) is 0.250. The van der Waals surface area contributed by atoms with Crippen molar-refractivity contribution in [3.8, 4) is 0 Å². The molecular formula is C16H16N2O3. The number of hydrogen-bond donors (Lipinski definition) is 2. The van der Waals surface area contributed by atoms with Gasteiger partial charge in [-0.15, -0.1) is 0 Å². The van der Waals surface area contributed by atoms with Crippen LogP contribution < -0.4 is 10.9 Å². The molecule has 0 bridgehead atoms. The van der Waals surface area contributed by atoms with Gasteiger partial charge in [0.15, 0.2) is 0 Å². The Kier molecular flexibility index (Phi) is 3.83. The molecule has 21 heavy (non-hydrogen) atoms. The van der Waals surface area contributed by atoms with Crippen LogP contribution in [0, 0.1) is 0 Å². The Hall–Kier alpha value is -2.40. The minimum absolute atomic E-state index is 0.200. The Balaban J connectivity index is 1.72. The number of carbonyl (C=O) groups is 1. The van der Waals surface area contributed by atoms with Gasteiger partial charge in [0.05, 0.1) is 19.1 Å². The summed E-state index contributed by atoms with van der Waals surface area (Å²) in [6.07, 6.45) is 2.34. The van der Waals surface area contributed by atoms with Crippen LogP contribution in [-0.2, 0) is 16.0 Å². The summed E-state index contributed by atoms with van der Waals surface area (Å²) in [5.74, 6) is -0.228. The van der Waals surface area contributed by atoms with Crippen molar-refractivity contribution in [2.75, 3.05) is 11.9 Å². The topological polar surface area (TPSA) is 71.2 Å². The van der Waals surface area contributed by atoms with Crippen LogP contribution in [-0.4, -0.2) is 17.5 Å². The molecule has 1 atom stereocenters. The lowest BCUT2D eigenvalue weighted by Crippen LogP contribution is -2.24. The molecule has 0 fully saturated rings. The molecule has 2 aromatic rings. The summed E-state index contributed by atoms with van der Waals surface area (Å²) >= 11 is 0. The van der Waals surface area contributed by atoms with E-state index in [4.69, 9.17) is 4.74 Å². The third-order valence-corrected chi connectivity index (χ3v) is 3.56. The number of amides is 1. The third-order valence-electron chi connectivity index (χ3n) is 3.56. The molecule has 1 amide bonds. The predicted octanol–water partition coefficient (Wildman–Crippen LogP) is 2.02. The number of benzene rings is 1. The summed E-state index contributed by atoms with van der Waals surface area (Å²) in [7, 11) is 0. The second-order valence-corrected chi connectivity index (χ2v) is 4.97. The van der Waals surface area contributed by atoms with Crippen LogP contribution in [0.3, 0.4) is 0 Å². The smallest absolute Gasteiger partial charge is 0.271 e. The van der Waals surface area contributed by atoms with Crippen molar-refractivity contribution in [3.63, 3.8) is 0 Å². The van der Waals surface area contributed by atoms with E-state index < -0.39 is 0 Å². The van der Waals surface area contributed by atoms with E-state index in [2.05, 4.69) is 16.4 Å². The molecule has 5 nitrogen and oxygen atoms in total. The Morgan fingerprint density at radius 1 is 1.29 bits per heavy atom. The summed E-state index contributed by atoms with van der Waals surface area (Å²) in [6, 6.07) is 11.2. The second-order valence-electron chi connectivity index (χ2n) is 4.97. The first kappa shape index (κ1) is 13.6. The van der Waals surface area contributed by atoms with E-state index in [1.165, 1.54) is 11.8 Å². The number of pyridine rings is 1. The average Bonchev–Trinajstić information content (AvgIpc) is 2.50. The Labute approximate surface area is 122 Å². The van der Waals surface area contributed by atoms with Crippen LogP contribution in [0.15, 0.2) is 47.4 Å². The van der Waals surface area contributed by atoms with Gasteiger partial charge in [-0.1, -0.05) is 24.3 Å². The van der Waals surface area contributed by atoms with Crippen molar-refractivity contribution in [1.29, 1.82) is 0 Å². The molecule has 1 aliphatic rings. The van der Waals surface area contributed by atoms with Gasteiger partial charge in [-0.2, -0.15) is 0 Å². The van der Waals surface area contributed by atoms with Crippen molar-refractivity contribution in [2.45, 2.75) is 18.9 Å².